The van der Waals surface area contributed by atoms with Crippen molar-refractivity contribution in [2.45, 2.75) is 32.4 Å². The van der Waals surface area contributed by atoms with Crippen molar-refractivity contribution in [3.05, 3.63) is 0 Å². The maximum absolute atomic E-state index is 7.35. The number of ether oxygens (including phenoxy) is 1. The first-order valence-corrected chi connectivity index (χ1v) is 4.84. The monoisotopic (exact) mass is 185 g/mol. The Labute approximate surface area is 79.6 Å². The highest BCUT2D eigenvalue weighted by Gasteiger charge is 2.23. The highest BCUT2D eigenvalue weighted by Crippen LogP contribution is 2.10. The Balaban J connectivity index is 2.46. The smallest absolute Gasteiger partial charge is 0.108 e. The van der Waals surface area contributed by atoms with Crippen LogP contribution in [-0.4, -0.2) is 42.6 Å². The molecule has 0 aromatic carbocycles. The minimum absolute atomic E-state index is 0.0537. The molecular formula is C9H19N3O. The number of nitrogens with zero attached hydrogens (tertiary/aromatic N) is 1. The van der Waals surface area contributed by atoms with E-state index in [1.165, 1.54) is 0 Å². The molecule has 2 unspecified atom stereocenters. The average Bonchev–Trinajstić information content (AvgIpc) is 2.16. The van der Waals surface area contributed by atoms with Gasteiger partial charge >= 0.3 is 0 Å². The topological polar surface area (TPSA) is 62.3 Å². The zero-order chi connectivity index (χ0) is 9.84. The Kier molecular flexibility index (Phi) is 3.69. The van der Waals surface area contributed by atoms with Crippen molar-refractivity contribution in [2.24, 2.45) is 5.73 Å². The number of nitrogens with two attached hydrogens (primary N) is 1. The molecule has 1 rings (SSSR count). The van der Waals surface area contributed by atoms with Crippen molar-refractivity contribution in [1.29, 1.82) is 5.41 Å². The van der Waals surface area contributed by atoms with Crippen LogP contribution in [0.3, 0.4) is 0 Å². The molecule has 2 atom stereocenters. The van der Waals surface area contributed by atoms with Crippen molar-refractivity contribution in [1.82, 2.24) is 4.90 Å². The van der Waals surface area contributed by atoms with Gasteiger partial charge in [0.25, 0.3) is 0 Å². The average molecular weight is 185 g/mol. The molecule has 1 aliphatic rings. The van der Waals surface area contributed by atoms with E-state index in [0.717, 1.165) is 26.1 Å². The first-order chi connectivity index (χ1) is 6.15. The van der Waals surface area contributed by atoms with Gasteiger partial charge in [-0.25, -0.2) is 0 Å². The van der Waals surface area contributed by atoms with Crippen LogP contribution in [-0.2, 0) is 4.74 Å². The zero-order valence-corrected chi connectivity index (χ0v) is 8.42. The second-order valence-corrected chi connectivity index (χ2v) is 3.53. The van der Waals surface area contributed by atoms with Crippen LogP contribution in [0.2, 0.25) is 0 Å². The molecule has 1 aliphatic heterocycles. The predicted octanol–water partition coefficient (Wildman–Crippen LogP) is 0.422. The minimum atomic E-state index is 0.0537. The van der Waals surface area contributed by atoms with Crippen molar-refractivity contribution in [2.75, 3.05) is 19.7 Å². The summed E-state index contributed by atoms with van der Waals surface area (Å²) in [5, 5.41) is 7.35. The molecular weight excluding hydrogens is 166 g/mol. The lowest BCUT2D eigenvalue weighted by Gasteiger charge is -2.35. The molecule has 0 aromatic rings. The van der Waals surface area contributed by atoms with E-state index in [1.54, 1.807) is 0 Å². The zero-order valence-electron chi connectivity index (χ0n) is 8.42. The SMILES string of the molecule is CCC1CN(C(C)C(=N)N)CCO1. The lowest BCUT2D eigenvalue weighted by Crippen LogP contribution is -2.50. The fourth-order valence-electron chi connectivity index (χ4n) is 1.54. The highest BCUT2D eigenvalue weighted by atomic mass is 16.5. The van der Waals surface area contributed by atoms with Crippen molar-refractivity contribution >= 4 is 5.84 Å². The fraction of sp³-hybridized carbons (Fsp3) is 0.889. The van der Waals surface area contributed by atoms with E-state index >= 15 is 0 Å². The maximum Gasteiger partial charge on any atom is 0.108 e. The highest BCUT2D eigenvalue weighted by molar-refractivity contribution is 5.82. The van der Waals surface area contributed by atoms with E-state index in [0.29, 0.717) is 6.10 Å². The summed E-state index contributed by atoms with van der Waals surface area (Å²) in [4.78, 5) is 2.21. The molecule has 0 spiro atoms. The summed E-state index contributed by atoms with van der Waals surface area (Å²) in [5.41, 5.74) is 5.45. The largest absolute Gasteiger partial charge is 0.386 e. The molecule has 1 fully saturated rings. The van der Waals surface area contributed by atoms with E-state index in [9.17, 15) is 0 Å². The van der Waals surface area contributed by atoms with E-state index in [1.807, 2.05) is 6.92 Å². The first kappa shape index (κ1) is 10.5. The van der Waals surface area contributed by atoms with Gasteiger partial charge in [-0.3, -0.25) is 10.3 Å². The first-order valence-electron chi connectivity index (χ1n) is 4.84. The van der Waals surface area contributed by atoms with Crippen molar-refractivity contribution < 1.29 is 4.74 Å². The Morgan fingerprint density at radius 3 is 3.00 bits per heavy atom. The van der Waals surface area contributed by atoms with Gasteiger partial charge in [0, 0.05) is 13.1 Å². The Morgan fingerprint density at radius 2 is 2.46 bits per heavy atom. The predicted molar refractivity (Wildman–Crippen MR) is 53.0 cm³/mol. The fourth-order valence-corrected chi connectivity index (χ4v) is 1.54. The number of rotatable bonds is 3. The summed E-state index contributed by atoms with van der Waals surface area (Å²) in [6, 6.07) is 0.0537. The summed E-state index contributed by atoms with van der Waals surface area (Å²) < 4.78 is 5.53. The van der Waals surface area contributed by atoms with Gasteiger partial charge < -0.3 is 10.5 Å². The molecule has 4 heteroatoms. The van der Waals surface area contributed by atoms with Crippen LogP contribution in [0.1, 0.15) is 20.3 Å². The second kappa shape index (κ2) is 4.58. The standard InChI is InChI=1S/C9H19N3O/c1-3-8-6-12(4-5-13-8)7(2)9(10)11/h7-8H,3-6H2,1-2H3,(H3,10,11). The Bertz CT molecular complexity index is 184. The number of amidine groups is 1. The quantitative estimate of drug-likeness (QED) is 0.495. The number of morpholine rings is 1. The number of hydrogen-bond donors (Lipinski definition) is 2. The second-order valence-electron chi connectivity index (χ2n) is 3.53. The Morgan fingerprint density at radius 1 is 1.77 bits per heavy atom. The summed E-state index contributed by atoms with van der Waals surface area (Å²) in [7, 11) is 0. The molecule has 0 aromatic heterocycles. The maximum atomic E-state index is 7.35. The summed E-state index contributed by atoms with van der Waals surface area (Å²) in [5.74, 6) is 0.247. The Hall–Kier alpha value is -0.610. The molecule has 4 nitrogen and oxygen atoms in total. The van der Waals surface area contributed by atoms with Crippen LogP contribution >= 0.6 is 0 Å². The van der Waals surface area contributed by atoms with Gasteiger partial charge in [0.1, 0.15) is 5.84 Å². The van der Waals surface area contributed by atoms with Crippen LogP contribution in [0, 0.1) is 5.41 Å². The molecule has 76 valence electrons. The number of hydrogen-bond acceptors (Lipinski definition) is 3. The van der Waals surface area contributed by atoms with Gasteiger partial charge in [0.2, 0.25) is 0 Å². The third-order valence-electron chi connectivity index (χ3n) is 2.62. The normalized spacial score (nSPS) is 27.1. The third kappa shape index (κ3) is 2.67. The lowest BCUT2D eigenvalue weighted by molar-refractivity contribution is -0.0342. The van der Waals surface area contributed by atoms with E-state index in [-0.39, 0.29) is 11.9 Å². The van der Waals surface area contributed by atoms with Crippen molar-refractivity contribution in [3.8, 4) is 0 Å². The summed E-state index contributed by atoms with van der Waals surface area (Å²) >= 11 is 0. The molecule has 1 heterocycles. The van der Waals surface area contributed by atoms with Crippen molar-refractivity contribution in [3.63, 3.8) is 0 Å². The third-order valence-corrected chi connectivity index (χ3v) is 2.62. The van der Waals surface area contributed by atoms with Gasteiger partial charge in [-0.05, 0) is 13.3 Å². The summed E-state index contributed by atoms with van der Waals surface area (Å²) in [6.45, 7) is 6.64. The van der Waals surface area contributed by atoms with Gasteiger partial charge in [-0.1, -0.05) is 6.92 Å². The van der Waals surface area contributed by atoms with Crippen LogP contribution < -0.4 is 5.73 Å². The molecule has 3 N–H and O–H groups in total. The van der Waals surface area contributed by atoms with E-state index in [2.05, 4.69) is 11.8 Å². The van der Waals surface area contributed by atoms with Crippen LogP contribution in [0.4, 0.5) is 0 Å². The van der Waals surface area contributed by atoms with Gasteiger partial charge in [-0.2, -0.15) is 0 Å². The minimum Gasteiger partial charge on any atom is -0.386 e. The van der Waals surface area contributed by atoms with Crippen LogP contribution in [0.5, 0.6) is 0 Å². The van der Waals surface area contributed by atoms with Crippen LogP contribution in [0.25, 0.3) is 0 Å². The molecule has 0 aliphatic carbocycles. The molecule has 1 saturated heterocycles. The van der Waals surface area contributed by atoms with Gasteiger partial charge in [0.15, 0.2) is 0 Å². The van der Waals surface area contributed by atoms with E-state index in [4.69, 9.17) is 15.9 Å². The van der Waals surface area contributed by atoms with Gasteiger partial charge in [0.05, 0.1) is 18.8 Å². The molecule has 0 saturated carbocycles. The molecule has 0 amide bonds. The van der Waals surface area contributed by atoms with E-state index < -0.39 is 0 Å². The van der Waals surface area contributed by atoms with Gasteiger partial charge in [-0.15, -0.1) is 0 Å². The molecule has 0 bridgehead atoms. The summed E-state index contributed by atoms with van der Waals surface area (Å²) in [6.07, 6.45) is 1.34. The molecule has 0 radical (unpaired) electrons. The lowest BCUT2D eigenvalue weighted by atomic mass is 10.1. The van der Waals surface area contributed by atoms with Crippen LogP contribution in [0.15, 0.2) is 0 Å². The number of nitrogens with one attached hydrogen (secondary N) is 1. The molecule has 13 heavy (non-hydrogen) atoms.